The molecule has 0 aliphatic rings. The molecule has 0 aromatic heterocycles. The smallest absolute Gasteiger partial charge is 0.131 e. The number of aryl methyl sites for hydroxylation is 2. The van der Waals surface area contributed by atoms with E-state index in [-0.39, 0.29) is 37.8 Å². The summed E-state index contributed by atoms with van der Waals surface area (Å²) in [5, 5.41) is 17.6. The molecule has 0 bridgehead atoms. The fourth-order valence-electron chi connectivity index (χ4n) is 3.85. The van der Waals surface area contributed by atoms with Crippen molar-refractivity contribution in [2.45, 2.75) is 38.9 Å². The second kappa shape index (κ2) is 15.3. The Morgan fingerprint density at radius 3 is 1.68 bits per heavy atom. The van der Waals surface area contributed by atoms with E-state index in [2.05, 4.69) is 0 Å². The van der Waals surface area contributed by atoms with Gasteiger partial charge in [-0.2, -0.15) is 0 Å². The third-order valence-corrected chi connectivity index (χ3v) is 5.68. The van der Waals surface area contributed by atoms with Gasteiger partial charge in [0.1, 0.15) is 29.5 Å². The minimum atomic E-state index is -0.252. The number of benzene rings is 3. The van der Waals surface area contributed by atoms with Gasteiger partial charge in [-0.3, -0.25) is 0 Å². The van der Waals surface area contributed by atoms with Crippen LogP contribution in [0.3, 0.4) is 0 Å². The zero-order valence-corrected chi connectivity index (χ0v) is 21.6. The molecule has 0 fully saturated rings. The van der Waals surface area contributed by atoms with Crippen molar-refractivity contribution in [3.63, 3.8) is 0 Å². The number of hydrogen-bond acceptors (Lipinski definition) is 6. The molecule has 3 aromatic carbocycles. The van der Waals surface area contributed by atoms with Gasteiger partial charge in [0, 0.05) is 5.56 Å². The monoisotopic (exact) mass is 512 g/mol. The molecule has 6 nitrogen and oxygen atoms in total. The van der Waals surface area contributed by atoms with Gasteiger partial charge in [-0.25, -0.2) is 4.39 Å². The molecule has 0 saturated carbocycles. The second-order valence-electron chi connectivity index (χ2n) is 8.94. The third-order valence-electron chi connectivity index (χ3n) is 5.68. The van der Waals surface area contributed by atoms with Crippen LogP contribution in [0, 0.1) is 5.82 Å². The maximum atomic E-state index is 14.9. The Morgan fingerprint density at radius 1 is 0.676 bits per heavy atom. The lowest BCUT2D eigenvalue weighted by molar-refractivity contribution is 0.0390. The van der Waals surface area contributed by atoms with Gasteiger partial charge in [-0.15, -0.1) is 0 Å². The van der Waals surface area contributed by atoms with Crippen LogP contribution in [-0.2, 0) is 22.3 Å². The van der Waals surface area contributed by atoms with E-state index in [0.717, 1.165) is 35.3 Å². The van der Waals surface area contributed by atoms with Crippen LogP contribution in [0.4, 0.5) is 4.39 Å². The van der Waals surface area contributed by atoms with Crippen molar-refractivity contribution in [3.05, 3.63) is 83.7 Å². The summed E-state index contributed by atoms with van der Waals surface area (Å²) in [6.07, 6.45) is 1.26. The van der Waals surface area contributed by atoms with Crippen LogP contribution in [0.15, 0.2) is 66.7 Å². The lowest BCUT2D eigenvalue weighted by Gasteiger charge is -2.15. The first-order chi connectivity index (χ1) is 18.0. The molecule has 7 heteroatoms. The fourth-order valence-corrected chi connectivity index (χ4v) is 3.85. The molecule has 3 aromatic rings. The first-order valence-electron chi connectivity index (χ1n) is 12.7. The zero-order chi connectivity index (χ0) is 26.5. The van der Waals surface area contributed by atoms with E-state index >= 15 is 0 Å². The van der Waals surface area contributed by atoms with E-state index in [0.29, 0.717) is 31.1 Å². The Labute approximate surface area is 218 Å². The minimum absolute atomic E-state index is 0.000238. The summed E-state index contributed by atoms with van der Waals surface area (Å²) in [6, 6.07) is 20.6. The summed E-state index contributed by atoms with van der Waals surface area (Å²) in [7, 11) is 0. The predicted octanol–water partition coefficient (Wildman–Crippen LogP) is 4.83. The summed E-state index contributed by atoms with van der Waals surface area (Å²) >= 11 is 0. The van der Waals surface area contributed by atoms with E-state index in [9.17, 15) is 4.39 Å². The van der Waals surface area contributed by atoms with Crippen LogP contribution in [0.25, 0.3) is 11.1 Å². The maximum Gasteiger partial charge on any atom is 0.131 e. The van der Waals surface area contributed by atoms with Crippen LogP contribution < -0.4 is 9.47 Å². The van der Waals surface area contributed by atoms with Gasteiger partial charge in [0.15, 0.2) is 0 Å². The number of aliphatic hydroxyl groups is 2. The Kier molecular flexibility index (Phi) is 11.8. The summed E-state index contributed by atoms with van der Waals surface area (Å²) in [4.78, 5) is 0. The Hall–Kier alpha value is -2.97. The summed E-state index contributed by atoms with van der Waals surface area (Å²) in [5.74, 6) is 1.19. The number of halogens is 1. The number of ether oxygens (including phenoxy) is 4. The van der Waals surface area contributed by atoms with Crippen molar-refractivity contribution in [3.8, 4) is 22.6 Å². The highest BCUT2D eigenvalue weighted by Gasteiger charge is 2.09. The highest BCUT2D eigenvalue weighted by atomic mass is 19.1. The van der Waals surface area contributed by atoms with Gasteiger partial charge in [-0.1, -0.05) is 36.4 Å². The standard InChI is InChI=1S/C30H37FO6/c1-22(20-34-17-15-32)36-27-10-5-24(6-11-27)3-4-25-7-14-29(30(31)19-25)26-8-12-28(13-9-26)37-23(2)21-35-18-16-33/h5-14,19,22-23,32-33H,3-4,15-18,20-21H2,1-2H3/t22-,23+/m0/s1. The molecule has 200 valence electrons. The van der Waals surface area contributed by atoms with E-state index in [1.165, 1.54) is 0 Å². The van der Waals surface area contributed by atoms with Crippen LogP contribution in [0.1, 0.15) is 25.0 Å². The largest absolute Gasteiger partial charge is 0.488 e. The summed E-state index contributed by atoms with van der Waals surface area (Å²) in [6.45, 7) is 5.19. The fraction of sp³-hybridized carbons (Fsp3) is 0.400. The molecular formula is C30H37FO6. The first-order valence-corrected chi connectivity index (χ1v) is 12.7. The van der Waals surface area contributed by atoms with E-state index in [4.69, 9.17) is 29.2 Å². The molecule has 0 amide bonds. The number of aliphatic hydroxyl groups excluding tert-OH is 2. The van der Waals surface area contributed by atoms with E-state index in [1.807, 2.05) is 74.5 Å². The van der Waals surface area contributed by atoms with Crippen LogP contribution in [0.5, 0.6) is 11.5 Å². The van der Waals surface area contributed by atoms with Crippen molar-refractivity contribution in [2.75, 3.05) is 39.6 Å². The van der Waals surface area contributed by atoms with Crippen molar-refractivity contribution in [2.24, 2.45) is 0 Å². The van der Waals surface area contributed by atoms with Gasteiger partial charge in [0.25, 0.3) is 0 Å². The lowest BCUT2D eigenvalue weighted by atomic mass is 9.99. The molecule has 0 saturated heterocycles. The molecule has 0 unspecified atom stereocenters. The highest BCUT2D eigenvalue weighted by Crippen LogP contribution is 2.27. The van der Waals surface area contributed by atoms with Gasteiger partial charge < -0.3 is 29.2 Å². The Bertz CT molecular complexity index is 1050. The Balaban J connectivity index is 1.50. The average molecular weight is 513 g/mol. The van der Waals surface area contributed by atoms with Crippen LogP contribution >= 0.6 is 0 Å². The quantitative estimate of drug-likeness (QED) is 0.268. The molecular weight excluding hydrogens is 475 g/mol. The molecule has 2 atom stereocenters. The van der Waals surface area contributed by atoms with Gasteiger partial charge >= 0.3 is 0 Å². The molecule has 2 N–H and O–H groups in total. The predicted molar refractivity (Wildman–Crippen MR) is 142 cm³/mol. The second-order valence-corrected chi connectivity index (χ2v) is 8.94. The van der Waals surface area contributed by atoms with E-state index < -0.39 is 0 Å². The van der Waals surface area contributed by atoms with Crippen molar-refractivity contribution >= 4 is 0 Å². The number of rotatable bonds is 16. The molecule has 37 heavy (non-hydrogen) atoms. The minimum Gasteiger partial charge on any atom is -0.488 e. The van der Waals surface area contributed by atoms with Gasteiger partial charge in [0.05, 0.1) is 39.6 Å². The SMILES string of the molecule is C[C@H](COCCO)Oc1ccc(-c2ccc(CCc3ccc(O[C@@H](C)COCCO)cc3)cc2F)cc1. The number of hydrogen-bond donors (Lipinski definition) is 2. The van der Waals surface area contributed by atoms with Crippen LogP contribution in [-0.4, -0.2) is 62.1 Å². The first kappa shape index (κ1) is 28.6. The lowest BCUT2D eigenvalue weighted by Crippen LogP contribution is -2.20. The molecule has 0 heterocycles. The van der Waals surface area contributed by atoms with Crippen molar-refractivity contribution in [1.29, 1.82) is 0 Å². The summed E-state index contributed by atoms with van der Waals surface area (Å²) < 4.78 is 37.1. The van der Waals surface area contributed by atoms with Crippen LogP contribution in [0.2, 0.25) is 0 Å². The molecule has 0 aliphatic carbocycles. The molecule has 0 radical (unpaired) electrons. The highest BCUT2D eigenvalue weighted by molar-refractivity contribution is 5.65. The zero-order valence-electron chi connectivity index (χ0n) is 21.6. The Morgan fingerprint density at radius 2 is 1.16 bits per heavy atom. The average Bonchev–Trinajstić information content (AvgIpc) is 2.89. The molecule has 0 spiro atoms. The normalized spacial score (nSPS) is 12.8. The van der Waals surface area contributed by atoms with Crippen molar-refractivity contribution < 1.29 is 33.6 Å². The van der Waals surface area contributed by atoms with E-state index in [1.54, 1.807) is 6.07 Å². The molecule has 0 aliphatic heterocycles. The van der Waals surface area contributed by atoms with Gasteiger partial charge in [0.2, 0.25) is 0 Å². The maximum absolute atomic E-state index is 14.9. The van der Waals surface area contributed by atoms with Gasteiger partial charge in [-0.05, 0) is 73.7 Å². The van der Waals surface area contributed by atoms with Crippen molar-refractivity contribution in [1.82, 2.24) is 0 Å². The third kappa shape index (κ3) is 9.78. The summed E-state index contributed by atoms with van der Waals surface area (Å²) in [5.41, 5.74) is 3.42. The molecule has 3 rings (SSSR count). The topological polar surface area (TPSA) is 77.4 Å².